The van der Waals surface area contributed by atoms with Gasteiger partial charge in [-0.2, -0.15) is 0 Å². The summed E-state index contributed by atoms with van der Waals surface area (Å²) in [6.07, 6.45) is 1.83. The molecule has 0 radical (unpaired) electrons. The quantitative estimate of drug-likeness (QED) is 0.664. The minimum Gasteiger partial charge on any atom is -0.465 e. The van der Waals surface area contributed by atoms with Crippen molar-refractivity contribution in [3.8, 4) is 0 Å². The van der Waals surface area contributed by atoms with Crippen molar-refractivity contribution in [1.29, 1.82) is 0 Å². The van der Waals surface area contributed by atoms with Crippen LogP contribution in [0.1, 0.15) is 21.7 Å². The number of fused-ring (bicyclic) bond motifs is 1. The summed E-state index contributed by atoms with van der Waals surface area (Å²) in [4.78, 5) is 15.6. The van der Waals surface area contributed by atoms with Crippen molar-refractivity contribution < 1.29 is 9.53 Å². The number of carbonyl (C=O) groups excluding carboxylic acids is 1. The first kappa shape index (κ1) is 9.71. The first-order chi connectivity index (χ1) is 7.13. The van der Waals surface area contributed by atoms with Crippen LogP contribution < -0.4 is 0 Å². The van der Waals surface area contributed by atoms with Gasteiger partial charge in [0.2, 0.25) is 0 Å². The highest BCUT2D eigenvalue weighted by molar-refractivity contribution is 5.90. The van der Waals surface area contributed by atoms with Gasteiger partial charge < -0.3 is 9.14 Å². The molecular formula is C11H12N2O2. The van der Waals surface area contributed by atoms with Gasteiger partial charge in [-0.05, 0) is 26.0 Å². The van der Waals surface area contributed by atoms with Crippen molar-refractivity contribution >= 4 is 11.6 Å². The molecule has 2 heterocycles. The molecule has 0 amide bonds. The maximum absolute atomic E-state index is 11.3. The zero-order valence-electron chi connectivity index (χ0n) is 8.94. The Balaban J connectivity index is 2.62. The number of hydrogen-bond donors (Lipinski definition) is 0. The number of methoxy groups -OCH3 is 1. The molecule has 0 N–H and O–H groups in total. The molecule has 0 aliphatic rings. The SMILES string of the molecule is COC(=O)c1ccn2c(C)c(C)nc2c1. The number of imidazole rings is 1. The van der Waals surface area contributed by atoms with Crippen molar-refractivity contribution in [3.63, 3.8) is 0 Å². The lowest BCUT2D eigenvalue weighted by Gasteiger charge is -2.00. The Labute approximate surface area is 87.5 Å². The van der Waals surface area contributed by atoms with Crippen LogP contribution in [0.5, 0.6) is 0 Å². The first-order valence-corrected chi connectivity index (χ1v) is 4.67. The molecule has 0 spiro atoms. The Bertz CT molecular complexity index is 529. The van der Waals surface area contributed by atoms with Crippen LogP contribution in [0.2, 0.25) is 0 Å². The third-order valence-corrected chi connectivity index (χ3v) is 2.52. The zero-order valence-corrected chi connectivity index (χ0v) is 8.94. The van der Waals surface area contributed by atoms with Crippen LogP contribution in [0.15, 0.2) is 18.3 Å². The van der Waals surface area contributed by atoms with E-state index in [1.807, 2.05) is 24.4 Å². The zero-order chi connectivity index (χ0) is 11.0. The summed E-state index contributed by atoms with van der Waals surface area (Å²) >= 11 is 0. The predicted octanol–water partition coefficient (Wildman–Crippen LogP) is 1.74. The van der Waals surface area contributed by atoms with E-state index >= 15 is 0 Å². The summed E-state index contributed by atoms with van der Waals surface area (Å²) in [5, 5.41) is 0. The van der Waals surface area contributed by atoms with Gasteiger partial charge >= 0.3 is 5.97 Å². The van der Waals surface area contributed by atoms with Gasteiger partial charge in [-0.1, -0.05) is 0 Å². The Morgan fingerprint density at radius 3 is 2.87 bits per heavy atom. The highest BCUT2D eigenvalue weighted by atomic mass is 16.5. The molecule has 0 bridgehead atoms. The number of nitrogens with zero attached hydrogens (tertiary/aromatic N) is 2. The topological polar surface area (TPSA) is 43.6 Å². The second kappa shape index (κ2) is 3.38. The fourth-order valence-corrected chi connectivity index (χ4v) is 1.53. The van der Waals surface area contributed by atoms with Gasteiger partial charge in [-0.3, -0.25) is 0 Å². The molecule has 0 aromatic carbocycles. The van der Waals surface area contributed by atoms with E-state index in [9.17, 15) is 4.79 Å². The minimum absolute atomic E-state index is 0.337. The van der Waals surface area contributed by atoms with Crippen LogP contribution >= 0.6 is 0 Å². The molecule has 2 aromatic heterocycles. The summed E-state index contributed by atoms with van der Waals surface area (Å²) in [5.41, 5.74) is 3.35. The van der Waals surface area contributed by atoms with Gasteiger partial charge in [0.05, 0.1) is 18.4 Å². The normalized spacial score (nSPS) is 10.6. The van der Waals surface area contributed by atoms with Crippen LogP contribution in [0.25, 0.3) is 5.65 Å². The number of rotatable bonds is 1. The molecule has 0 fully saturated rings. The summed E-state index contributed by atoms with van der Waals surface area (Å²) < 4.78 is 6.59. The van der Waals surface area contributed by atoms with E-state index in [1.165, 1.54) is 7.11 Å². The van der Waals surface area contributed by atoms with Crippen LogP contribution in [-0.2, 0) is 4.74 Å². The lowest BCUT2D eigenvalue weighted by Crippen LogP contribution is -2.02. The smallest absolute Gasteiger partial charge is 0.338 e. The van der Waals surface area contributed by atoms with Crippen LogP contribution in [0.4, 0.5) is 0 Å². The number of pyridine rings is 1. The third kappa shape index (κ3) is 1.48. The van der Waals surface area contributed by atoms with E-state index < -0.39 is 0 Å². The standard InChI is InChI=1S/C11H12N2O2/c1-7-8(2)13-5-4-9(11(14)15-3)6-10(13)12-7/h4-6H,1-3H3. The fraction of sp³-hybridized carbons (Fsp3) is 0.273. The minimum atomic E-state index is -0.337. The van der Waals surface area contributed by atoms with Crippen molar-refractivity contribution in [2.45, 2.75) is 13.8 Å². The average Bonchev–Trinajstić information content (AvgIpc) is 2.53. The molecule has 0 atom stereocenters. The highest BCUT2D eigenvalue weighted by Crippen LogP contribution is 2.12. The molecule has 0 unspecified atom stereocenters. The lowest BCUT2D eigenvalue weighted by atomic mass is 10.2. The predicted molar refractivity (Wildman–Crippen MR) is 56.0 cm³/mol. The average molecular weight is 204 g/mol. The second-order valence-corrected chi connectivity index (χ2v) is 3.42. The van der Waals surface area contributed by atoms with Crippen LogP contribution in [-0.4, -0.2) is 22.5 Å². The monoisotopic (exact) mass is 204 g/mol. The molecule has 2 rings (SSSR count). The number of aryl methyl sites for hydroxylation is 2. The molecular weight excluding hydrogens is 192 g/mol. The molecule has 0 aliphatic heterocycles. The third-order valence-electron chi connectivity index (χ3n) is 2.52. The van der Waals surface area contributed by atoms with Crippen molar-refractivity contribution in [1.82, 2.24) is 9.38 Å². The summed E-state index contributed by atoms with van der Waals surface area (Å²) in [7, 11) is 1.37. The van der Waals surface area contributed by atoms with Crippen molar-refractivity contribution in [3.05, 3.63) is 35.3 Å². The Morgan fingerprint density at radius 1 is 1.47 bits per heavy atom. The summed E-state index contributed by atoms with van der Waals surface area (Å²) in [6.45, 7) is 3.94. The maximum atomic E-state index is 11.3. The van der Waals surface area contributed by atoms with Gasteiger partial charge in [-0.25, -0.2) is 9.78 Å². The largest absolute Gasteiger partial charge is 0.465 e. The fourth-order valence-electron chi connectivity index (χ4n) is 1.53. The van der Waals surface area contributed by atoms with Gasteiger partial charge in [0.1, 0.15) is 5.65 Å². The van der Waals surface area contributed by atoms with Gasteiger partial charge in [0.15, 0.2) is 0 Å². The number of aromatic nitrogens is 2. The number of ether oxygens (including phenoxy) is 1. The second-order valence-electron chi connectivity index (χ2n) is 3.42. The van der Waals surface area contributed by atoms with E-state index in [0.717, 1.165) is 17.0 Å². The molecule has 4 nitrogen and oxygen atoms in total. The lowest BCUT2D eigenvalue weighted by molar-refractivity contribution is 0.0600. The van der Waals surface area contributed by atoms with E-state index in [4.69, 9.17) is 0 Å². The maximum Gasteiger partial charge on any atom is 0.338 e. The molecule has 2 aromatic rings. The molecule has 0 saturated heterocycles. The molecule has 0 saturated carbocycles. The van der Waals surface area contributed by atoms with Gasteiger partial charge in [-0.15, -0.1) is 0 Å². The van der Waals surface area contributed by atoms with E-state index in [1.54, 1.807) is 12.1 Å². The molecule has 78 valence electrons. The van der Waals surface area contributed by atoms with Crippen LogP contribution in [0, 0.1) is 13.8 Å². The molecule has 0 aliphatic carbocycles. The number of esters is 1. The highest BCUT2D eigenvalue weighted by Gasteiger charge is 2.09. The number of hydrogen-bond acceptors (Lipinski definition) is 3. The van der Waals surface area contributed by atoms with Gasteiger partial charge in [0, 0.05) is 11.9 Å². The Hall–Kier alpha value is -1.84. The first-order valence-electron chi connectivity index (χ1n) is 4.67. The summed E-state index contributed by atoms with van der Waals surface area (Å²) in [5.74, 6) is -0.337. The van der Waals surface area contributed by atoms with E-state index in [0.29, 0.717) is 5.56 Å². The molecule has 4 heteroatoms. The van der Waals surface area contributed by atoms with Gasteiger partial charge in [0.25, 0.3) is 0 Å². The van der Waals surface area contributed by atoms with Crippen LogP contribution in [0.3, 0.4) is 0 Å². The van der Waals surface area contributed by atoms with E-state index in [2.05, 4.69) is 9.72 Å². The van der Waals surface area contributed by atoms with Crippen molar-refractivity contribution in [2.75, 3.05) is 7.11 Å². The number of carbonyl (C=O) groups is 1. The Kier molecular flexibility index (Phi) is 2.19. The Morgan fingerprint density at radius 2 is 2.20 bits per heavy atom. The summed E-state index contributed by atoms with van der Waals surface area (Å²) in [6, 6.07) is 3.46. The van der Waals surface area contributed by atoms with Crippen molar-refractivity contribution in [2.24, 2.45) is 0 Å². The molecule has 15 heavy (non-hydrogen) atoms. The van der Waals surface area contributed by atoms with E-state index in [-0.39, 0.29) is 5.97 Å².